The summed E-state index contributed by atoms with van der Waals surface area (Å²) >= 11 is 0. The number of aliphatic carboxylic acids is 1. The van der Waals surface area contributed by atoms with Gasteiger partial charge in [-0.05, 0) is 35.6 Å². The molecule has 0 bridgehead atoms. The van der Waals surface area contributed by atoms with E-state index in [0.717, 1.165) is 22.5 Å². The Bertz CT molecular complexity index is 996. The third-order valence-corrected chi connectivity index (χ3v) is 5.39. The maximum Gasteiger partial charge on any atom is 0.320 e. The number of nitrogens with one attached hydrogen (secondary N) is 2. The van der Waals surface area contributed by atoms with Crippen LogP contribution in [0.5, 0.6) is 0 Å². The fourth-order valence-corrected chi connectivity index (χ4v) is 3.49. The zero-order valence-corrected chi connectivity index (χ0v) is 17.7. The molecule has 3 rings (SSSR count). The molecule has 0 aliphatic rings. The molecule has 7 nitrogen and oxygen atoms in total. The first-order valence-corrected chi connectivity index (χ1v) is 10.3. The van der Waals surface area contributed by atoms with E-state index in [0.29, 0.717) is 18.0 Å². The molecule has 162 valence electrons. The highest BCUT2D eigenvalue weighted by Crippen LogP contribution is 2.26. The van der Waals surface area contributed by atoms with Gasteiger partial charge in [0.15, 0.2) is 0 Å². The summed E-state index contributed by atoms with van der Waals surface area (Å²) in [5.41, 5.74) is 9.05. The van der Waals surface area contributed by atoms with Gasteiger partial charge in [-0.3, -0.25) is 9.59 Å². The standard InChI is InChI=1S/C24H28N4O3/c1-15(2)20(17-7-9-18(10-8-17)22-26-11-12-27-22)14-28-23(29)19-5-3-16(4-6-19)13-21(25)24(30)31/h3-12,15,20-21H,13-14,25H2,1-2H3,(H,26,27)(H,28,29)(H,30,31). The van der Waals surface area contributed by atoms with Crippen LogP contribution in [0, 0.1) is 5.92 Å². The number of imidazole rings is 1. The smallest absolute Gasteiger partial charge is 0.320 e. The second-order valence-corrected chi connectivity index (χ2v) is 7.97. The lowest BCUT2D eigenvalue weighted by Crippen LogP contribution is -2.32. The van der Waals surface area contributed by atoms with E-state index in [1.807, 2.05) is 12.1 Å². The van der Waals surface area contributed by atoms with Crippen molar-refractivity contribution < 1.29 is 14.7 Å². The molecule has 2 aromatic carbocycles. The number of carboxylic acid groups (broad SMARTS) is 1. The average Bonchev–Trinajstić information content (AvgIpc) is 3.29. The number of carbonyl (C=O) groups is 2. The second-order valence-electron chi connectivity index (χ2n) is 7.97. The minimum absolute atomic E-state index is 0.160. The van der Waals surface area contributed by atoms with Gasteiger partial charge in [-0.2, -0.15) is 0 Å². The van der Waals surface area contributed by atoms with Crippen molar-refractivity contribution >= 4 is 11.9 Å². The van der Waals surface area contributed by atoms with Crippen LogP contribution in [0.2, 0.25) is 0 Å². The van der Waals surface area contributed by atoms with Gasteiger partial charge in [0.2, 0.25) is 0 Å². The molecule has 0 saturated heterocycles. The van der Waals surface area contributed by atoms with Gasteiger partial charge in [0.25, 0.3) is 5.91 Å². The molecule has 31 heavy (non-hydrogen) atoms. The molecule has 2 atom stereocenters. The molecule has 0 saturated carbocycles. The largest absolute Gasteiger partial charge is 0.480 e. The maximum absolute atomic E-state index is 12.6. The Morgan fingerprint density at radius 2 is 1.77 bits per heavy atom. The molecule has 0 fully saturated rings. The van der Waals surface area contributed by atoms with E-state index in [4.69, 9.17) is 10.8 Å². The Morgan fingerprint density at radius 1 is 1.10 bits per heavy atom. The Balaban J connectivity index is 1.62. The quantitative estimate of drug-likeness (QED) is 0.424. The van der Waals surface area contributed by atoms with Crippen molar-refractivity contribution in [2.75, 3.05) is 6.54 Å². The van der Waals surface area contributed by atoms with Crippen molar-refractivity contribution in [1.82, 2.24) is 15.3 Å². The highest BCUT2D eigenvalue weighted by atomic mass is 16.4. The minimum atomic E-state index is -1.04. The highest BCUT2D eigenvalue weighted by Gasteiger charge is 2.18. The van der Waals surface area contributed by atoms with Crippen molar-refractivity contribution in [2.24, 2.45) is 11.7 Å². The number of hydrogen-bond acceptors (Lipinski definition) is 4. The van der Waals surface area contributed by atoms with Crippen molar-refractivity contribution in [3.63, 3.8) is 0 Å². The highest BCUT2D eigenvalue weighted by molar-refractivity contribution is 5.94. The first-order chi connectivity index (χ1) is 14.8. The second kappa shape index (κ2) is 10.0. The van der Waals surface area contributed by atoms with E-state index in [-0.39, 0.29) is 18.2 Å². The van der Waals surface area contributed by atoms with Gasteiger partial charge < -0.3 is 21.1 Å². The van der Waals surface area contributed by atoms with Crippen molar-refractivity contribution in [2.45, 2.75) is 32.2 Å². The molecule has 0 radical (unpaired) electrons. The maximum atomic E-state index is 12.6. The minimum Gasteiger partial charge on any atom is -0.480 e. The Labute approximate surface area is 181 Å². The molecular formula is C24H28N4O3. The molecule has 1 aromatic heterocycles. The van der Waals surface area contributed by atoms with Crippen LogP contribution in [0.1, 0.15) is 41.3 Å². The summed E-state index contributed by atoms with van der Waals surface area (Å²) in [6, 6.07) is 14.1. The number of aromatic nitrogens is 2. The molecule has 2 unspecified atom stereocenters. The molecule has 0 aliphatic carbocycles. The number of aromatic amines is 1. The zero-order chi connectivity index (χ0) is 22.4. The summed E-state index contributed by atoms with van der Waals surface area (Å²) < 4.78 is 0. The summed E-state index contributed by atoms with van der Waals surface area (Å²) in [5, 5.41) is 11.9. The topological polar surface area (TPSA) is 121 Å². The van der Waals surface area contributed by atoms with Crippen LogP contribution in [-0.2, 0) is 11.2 Å². The number of carbonyl (C=O) groups excluding carboxylic acids is 1. The van der Waals surface area contributed by atoms with E-state index < -0.39 is 12.0 Å². The number of carboxylic acids is 1. The van der Waals surface area contributed by atoms with Crippen molar-refractivity contribution in [3.8, 4) is 11.4 Å². The van der Waals surface area contributed by atoms with E-state index in [1.54, 1.807) is 36.7 Å². The molecular weight excluding hydrogens is 392 g/mol. The number of H-pyrrole nitrogens is 1. The number of amides is 1. The Kier molecular flexibility index (Phi) is 7.20. The van der Waals surface area contributed by atoms with Crippen LogP contribution in [-0.4, -0.2) is 39.5 Å². The summed E-state index contributed by atoms with van der Waals surface area (Å²) in [6.07, 6.45) is 3.74. The van der Waals surface area contributed by atoms with Crippen LogP contribution >= 0.6 is 0 Å². The van der Waals surface area contributed by atoms with Crippen molar-refractivity contribution in [3.05, 3.63) is 77.6 Å². The van der Waals surface area contributed by atoms with Gasteiger partial charge in [-0.15, -0.1) is 0 Å². The summed E-state index contributed by atoms with van der Waals surface area (Å²) in [6.45, 7) is 4.79. The molecule has 3 aromatic rings. The lowest BCUT2D eigenvalue weighted by molar-refractivity contribution is -0.138. The van der Waals surface area contributed by atoms with E-state index in [1.165, 1.54) is 0 Å². The van der Waals surface area contributed by atoms with E-state index in [2.05, 4.69) is 41.3 Å². The third kappa shape index (κ3) is 5.79. The fraction of sp³-hybridized carbons (Fsp3) is 0.292. The lowest BCUT2D eigenvalue weighted by Gasteiger charge is -2.22. The number of benzene rings is 2. The van der Waals surface area contributed by atoms with Crippen molar-refractivity contribution in [1.29, 1.82) is 0 Å². The van der Waals surface area contributed by atoms with Gasteiger partial charge in [-0.1, -0.05) is 50.2 Å². The van der Waals surface area contributed by atoms with Gasteiger partial charge in [-0.25, -0.2) is 4.98 Å². The molecule has 0 spiro atoms. The summed E-state index contributed by atoms with van der Waals surface area (Å²) in [5.74, 6) is 0.136. The van der Waals surface area contributed by atoms with Gasteiger partial charge in [0.05, 0.1) is 0 Å². The van der Waals surface area contributed by atoms with Crippen LogP contribution in [0.4, 0.5) is 0 Å². The third-order valence-electron chi connectivity index (χ3n) is 5.39. The molecule has 1 heterocycles. The number of nitrogens with zero attached hydrogens (tertiary/aromatic N) is 1. The van der Waals surface area contributed by atoms with E-state index in [9.17, 15) is 9.59 Å². The van der Waals surface area contributed by atoms with Gasteiger partial charge in [0.1, 0.15) is 11.9 Å². The average molecular weight is 421 g/mol. The fourth-order valence-electron chi connectivity index (χ4n) is 3.49. The normalized spacial score (nSPS) is 13.0. The number of nitrogens with two attached hydrogens (primary N) is 1. The summed E-state index contributed by atoms with van der Waals surface area (Å²) in [7, 11) is 0. The first-order valence-electron chi connectivity index (χ1n) is 10.3. The summed E-state index contributed by atoms with van der Waals surface area (Å²) in [4.78, 5) is 30.9. The molecule has 7 heteroatoms. The number of hydrogen-bond donors (Lipinski definition) is 4. The monoisotopic (exact) mass is 420 g/mol. The Morgan fingerprint density at radius 3 is 2.32 bits per heavy atom. The van der Waals surface area contributed by atoms with Crippen LogP contribution in [0.25, 0.3) is 11.4 Å². The van der Waals surface area contributed by atoms with Crippen LogP contribution < -0.4 is 11.1 Å². The van der Waals surface area contributed by atoms with Crippen LogP contribution in [0.15, 0.2) is 60.9 Å². The lowest BCUT2D eigenvalue weighted by atomic mass is 9.88. The molecule has 0 aliphatic heterocycles. The Hall–Kier alpha value is -3.45. The predicted molar refractivity (Wildman–Crippen MR) is 120 cm³/mol. The molecule has 5 N–H and O–H groups in total. The van der Waals surface area contributed by atoms with Gasteiger partial charge >= 0.3 is 5.97 Å². The number of rotatable bonds is 9. The molecule has 1 amide bonds. The van der Waals surface area contributed by atoms with Crippen LogP contribution in [0.3, 0.4) is 0 Å². The van der Waals surface area contributed by atoms with Gasteiger partial charge in [0, 0.05) is 36.0 Å². The first kappa shape index (κ1) is 22.2. The van der Waals surface area contributed by atoms with E-state index >= 15 is 0 Å². The SMILES string of the molecule is CC(C)C(CNC(=O)c1ccc(CC(N)C(=O)O)cc1)c1ccc(-c2ncc[nH]2)cc1. The zero-order valence-electron chi connectivity index (χ0n) is 17.7. The predicted octanol–water partition coefficient (Wildman–Crippen LogP) is 3.20.